The van der Waals surface area contributed by atoms with Gasteiger partial charge in [-0.15, -0.1) is 0 Å². The minimum atomic E-state index is -0.555. The van der Waals surface area contributed by atoms with E-state index in [0.717, 1.165) is 11.8 Å². The van der Waals surface area contributed by atoms with E-state index in [1.54, 1.807) is 9.80 Å². The fraction of sp³-hybridized carbons (Fsp3) is 0.583. The number of hydroxylamine groups is 1. The van der Waals surface area contributed by atoms with E-state index < -0.39 is 17.7 Å². The number of cyclic esters (lactones) is 1. The van der Waals surface area contributed by atoms with E-state index in [-0.39, 0.29) is 42.7 Å². The molecule has 4 rings (SSSR count). The van der Waals surface area contributed by atoms with Crippen LogP contribution in [0.5, 0.6) is 0 Å². The van der Waals surface area contributed by atoms with Crippen LogP contribution >= 0.6 is 0 Å². The molecule has 0 spiro atoms. The zero-order chi connectivity index (χ0) is 24.9. The van der Waals surface area contributed by atoms with Crippen molar-refractivity contribution in [2.24, 2.45) is 0 Å². The van der Waals surface area contributed by atoms with Gasteiger partial charge in [-0.1, -0.05) is 0 Å². The summed E-state index contributed by atoms with van der Waals surface area (Å²) in [6, 6.07) is 2.34. The van der Waals surface area contributed by atoms with Crippen LogP contribution in [-0.4, -0.2) is 73.5 Å². The van der Waals surface area contributed by atoms with E-state index in [1.165, 1.54) is 11.0 Å². The highest BCUT2D eigenvalue weighted by atomic mass is 19.1. The number of carbonyl (C=O) groups is 2. The first-order chi connectivity index (χ1) is 16.8. The van der Waals surface area contributed by atoms with E-state index in [4.69, 9.17) is 14.3 Å². The molecule has 0 aliphatic carbocycles. The van der Waals surface area contributed by atoms with E-state index in [1.807, 2.05) is 19.9 Å². The second-order valence-electron chi connectivity index (χ2n) is 9.20. The van der Waals surface area contributed by atoms with Gasteiger partial charge in [0.15, 0.2) is 0 Å². The third-order valence-electron chi connectivity index (χ3n) is 6.27. The molecule has 0 aromatic heterocycles. The summed E-state index contributed by atoms with van der Waals surface area (Å²) in [6.45, 7) is 6.29. The topological polar surface area (TPSA) is 83.6 Å². The van der Waals surface area contributed by atoms with Crippen LogP contribution in [0.4, 0.5) is 24.1 Å². The Kier molecular flexibility index (Phi) is 7.94. The normalized spacial score (nSPS) is 19.2. The van der Waals surface area contributed by atoms with Gasteiger partial charge in [0.1, 0.15) is 18.2 Å². The quantitative estimate of drug-likeness (QED) is 0.581. The Morgan fingerprint density at radius 2 is 1.94 bits per heavy atom. The maximum atomic E-state index is 14.8. The number of carbonyl (C=O) groups excluding carboxylic acids is 2. The van der Waals surface area contributed by atoms with Crippen molar-refractivity contribution in [2.45, 2.75) is 51.9 Å². The maximum Gasteiger partial charge on any atom is 0.410 e. The number of likely N-dealkylation sites (tertiary alicyclic amines) is 1. The predicted octanol–water partition coefficient (Wildman–Crippen LogP) is 3.54. The van der Waals surface area contributed by atoms with Crippen LogP contribution in [0.25, 0.3) is 0 Å². The second kappa shape index (κ2) is 11.1. The fourth-order valence-corrected chi connectivity index (χ4v) is 4.29. The zero-order valence-corrected chi connectivity index (χ0v) is 20.1. The molecule has 1 aromatic rings. The van der Waals surface area contributed by atoms with Gasteiger partial charge >= 0.3 is 12.2 Å². The molecule has 0 radical (unpaired) electrons. The summed E-state index contributed by atoms with van der Waals surface area (Å²) in [5, 5.41) is 0. The highest BCUT2D eigenvalue weighted by Crippen LogP contribution is 2.27. The maximum absolute atomic E-state index is 14.8. The number of amides is 2. The highest BCUT2D eigenvalue weighted by molar-refractivity contribution is 5.69. The van der Waals surface area contributed by atoms with Gasteiger partial charge in [0.2, 0.25) is 0 Å². The number of ether oxygens (including phenoxy) is 2. The SMILES string of the molecule is CC(C)OC(=O)N1CCC(ONC2=CCN(c3cc(F)c(CN4CCOC4=O)cc3F)CC2)CC1. The lowest BCUT2D eigenvalue weighted by Crippen LogP contribution is -2.43. The first-order valence-electron chi connectivity index (χ1n) is 12.0. The molecule has 1 aromatic carbocycles. The van der Waals surface area contributed by atoms with Crippen LogP contribution in [0.3, 0.4) is 0 Å². The number of anilines is 1. The van der Waals surface area contributed by atoms with Gasteiger partial charge in [0.05, 0.1) is 31.0 Å². The Labute approximate surface area is 203 Å². The van der Waals surface area contributed by atoms with Crippen molar-refractivity contribution < 1.29 is 32.7 Å². The van der Waals surface area contributed by atoms with E-state index >= 15 is 0 Å². The highest BCUT2D eigenvalue weighted by Gasteiger charge is 2.27. The summed E-state index contributed by atoms with van der Waals surface area (Å²) in [6.07, 6.45) is 2.90. The molecular weight excluding hydrogens is 462 g/mol. The summed E-state index contributed by atoms with van der Waals surface area (Å²) in [5.74, 6) is -1.08. The number of rotatable bonds is 7. The van der Waals surface area contributed by atoms with Crippen molar-refractivity contribution in [2.75, 3.05) is 44.2 Å². The largest absolute Gasteiger partial charge is 0.448 e. The molecule has 1 N–H and O–H groups in total. The van der Waals surface area contributed by atoms with E-state index in [9.17, 15) is 18.4 Å². The first-order valence-corrected chi connectivity index (χ1v) is 12.0. The molecule has 9 nitrogen and oxygen atoms in total. The first kappa shape index (κ1) is 25.0. The van der Waals surface area contributed by atoms with Gasteiger partial charge in [-0.2, -0.15) is 0 Å². The van der Waals surface area contributed by atoms with Gasteiger partial charge in [-0.3, -0.25) is 10.3 Å². The standard InChI is InChI=1S/C24H32F2N4O5/c1-16(2)34-24(32)29-9-5-19(6-10-29)35-27-18-3-7-28(8-4-18)22-14-20(25)17(13-21(22)26)15-30-11-12-33-23(30)31/h3,13-14,16,19,27H,4-12,15H2,1-2H3. The van der Waals surface area contributed by atoms with Gasteiger partial charge in [0.25, 0.3) is 0 Å². The summed E-state index contributed by atoms with van der Waals surface area (Å²) < 4.78 is 39.5. The van der Waals surface area contributed by atoms with E-state index in [2.05, 4.69) is 5.48 Å². The molecule has 11 heteroatoms. The molecule has 2 saturated heterocycles. The molecule has 3 heterocycles. The smallest absolute Gasteiger partial charge is 0.410 e. The molecule has 0 atom stereocenters. The van der Waals surface area contributed by atoms with Crippen molar-refractivity contribution in [1.29, 1.82) is 0 Å². The summed E-state index contributed by atoms with van der Waals surface area (Å²) in [4.78, 5) is 34.2. The lowest BCUT2D eigenvalue weighted by Gasteiger charge is -2.33. The number of benzene rings is 1. The monoisotopic (exact) mass is 494 g/mol. The van der Waals surface area contributed by atoms with Crippen molar-refractivity contribution in [3.05, 3.63) is 41.1 Å². The lowest BCUT2D eigenvalue weighted by atomic mass is 10.1. The van der Waals surface area contributed by atoms with Crippen LogP contribution < -0.4 is 10.4 Å². The molecule has 0 unspecified atom stereocenters. The fourth-order valence-electron chi connectivity index (χ4n) is 4.29. The molecule has 2 amide bonds. The zero-order valence-electron chi connectivity index (χ0n) is 20.1. The van der Waals surface area contributed by atoms with Crippen LogP contribution in [0.15, 0.2) is 23.9 Å². The Morgan fingerprint density at radius 1 is 1.17 bits per heavy atom. The third-order valence-corrected chi connectivity index (χ3v) is 6.27. The van der Waals surface area contributed by atoms with Crippen LogP contribution in [0, 0.1) is 11.6 Å². The van der Waals surface area contributed by atoms with Gasteiger partial charge in [-0.05, 0) is 38.8 Å². The number of nitrogens with zero attached hydrogens (tertiary/aromatic N) is 3. The average molecular weight is 495 g/mol. The van der Waals surface area contributed by atoms with Crippen molar-refractivity contribution in [3.8, 4) is 0 Å². The Bertz CT molecular complexity index is 965. The predicted molar refractivity (Wildman–Crippen MR) is 123 cm³/mol. The molecule has 35 heavy (non-hydrogen) atoms. The minimum absolute atomic E-state index is 0.0228. The molecule has 2 fully saturated rings. The van der Waals surface area contributed by atoms with Crippen molar-refractivity contribution >= 4 is 17.9 Å². The van der Waals surface area contributed by atoms with Crippen LogP contribution in [0.2, 0.25) is 0 Å². The molecule has 192 valence electrons. The minimum Gasteiger partial charge on any atom is -0.448 e. The second-order valence-corrected chi connectivity index (χ2v) is 9.20. The number of hydrogen-bond donors (Lipinski definition) is 1. The van der Waals surface area contributed by atoms with Crippen LogP contribution in [-0.2, 0) is 20.9 Å². The average Bonchev–Trinajstić information content (AvgIpc) is 3.24. The van der Waals surface area contributed by atoms with Gasteiger partial charge < -0.3 is 24.2 Å². The molecule has 0 bridgehead atoms. The Morgan fingerprint density at radius 3 is 2.57 bits per heavy atom. The third kappa shape index (κ3) is 6.33. The number of nitrogens with one attached hydrogen (secondary N) is 1. The summed E-state index contributed by atoms with van der Waals surface area (Å²) in [7, 11) is 0. The molecule has 3 aliphatic heterocycles. The van der Waals surface area contributed by atoms with Gasteiger partial charge in [0, 0.05) is 49.9 Å². The molecule has 0 saturated carbocycles. The summed E-state index contributed by atoms with van der Waals surface area (Å²) >= 11 is 0. The van der Waals surface area contributed by atoms with Crippen molar-refractivity contribution in [1.82, 2.24) is 15.3 Å². The number of halogens is 2. The van der Waals surface area contributed by atoms with E-state index in [0.29, 0.717) is 52.0 Å². The van der Waals surface area contributed by atoms with Gasteiger partial charge in [-0.25, -0.2) is 18.4 Å². The molecule has 3 aliphatic rings. The van der Waals surface area contributed by atoms with Crippen molar-refractivity contribution in [3.63, 3.8) is 0 Å². The lowest BCUT2D eigenvalue weighted by molar-refractivity contribution is -0.0415. The van der Waals surface area contributed by atoms with Crippen LogP contribution in [0.1, 0.15) is 38.7 Å². The number of hydrogen-bond acceptors (Lipinski definition) is 7. The Hall–Kier alpha value is -3.08. The number of piperidine rings is 1. The Balaban J connectivity index is 1.25. The molecular formula is C24H32F2N4O5. The summed E-state index contributed by atoms with van der Waals surface area (Å²) in [5.41, 5.74) is 4.19.